The minimum absolute atomic E-state index is 0.162. The lowest BCUT2D eigenvalue weighted by molar-refractivity contribution is 0.467. The van der Waals surface area contributed by atoms with Gasteiger partial charge in [0, 0.05) is 17.3 Å². The van der Waals surface area contributed by atoms with Crippen LogP contribution < -0.4 is 5.56 Å². The molecule has 0 amide bonds. The molecule has 0 saturated carbocycles. The van der Waals surface area contributed by atoms with Crippen molar-refractivity contribution in [2.75, 3.05) is 0 Å². The van der Waals surface area contributed by atoms with Gasteiger partial charge in [-0.25, -0.2) is 0 Å². The van der Waals surface area contributed by atoms with E-state index < -0.39 is 0 Å². The highest BCUT2D eigenvalue weighted by Crippen LogP contribution is 2.36. The van der Waals surface area contributed by atoms with Gasteiger partial charge in [-0.05, 0) is 25.2 Å². The van der Waals surface area contributed by atoms with Gasteiger partial charge in [-0.1, -0.05) is 6.92 Å². The molecule has 1 aliphatic carbocycles. The summed E-state index contributed by atoms with van der Waals surface area (Å²) >= 11 is 0. The zero-order valence-corrected chi connectivity index (χ0v) is 7.63. The minimum atomic E-state index is -0.198. The number of nitrogens with one attached hydrogen (secondary N) is 1. The van der Waals surface area contributed by atoms with Crippen LogP contribution in [0.1, 0.15) is 36.9 Å². The van der Waals surface area contributed by atoms with Crippen LogP contribution in [0, 0.1) is 0 Å². The first-order valence-corrected chi connectivity index (χ1v) is 4.67. The second kappa shape index (κ2) is 2.91. The summed E-state index contributed by atoms with van der Waals surface area (Å²) in [6.07, 6.45) is 2.95. The molecule has 13 heavy (non-hydrogen) atoms. The number of aromatic nitrogens is 1. The lowest BCUT2D eigenvalue weighted by atomic mass is 10.0. The van der Waals surface area contributed by atoms with Crippen molar-refractivity contribution in [1.82, 2.24) is 4.98 Å². The monoisotopic (exact) mass is 179 g/mol. The van der Waals surface area contributed by atoms with E-state index in [1.165, 1.54) is 6.07 Å². The predicted molar refractivity (Wildman–Crippen MR) is 50.1 cm³/mol. The molecule has 2 rings (SSSR count). The van der Waals surface area contributed by atoms with Crippen LogP contribution in [0.15, 0.2) is 10.9 Å². The molecular formula is C10H13NO2. The number of rotatable bonds is 1. The molecular weight excluding hydrogens is 166 g/mol. The first-order chi connectivity index (χ1) is 6.22. The molecule has 70 valence electrons. The molecule has 1 unspecified atom stereocenters. The molecule has 0 radical (unpaired) electrons. The van der Waals surface area contributed by atoms with Crippen LogP contribution in [0.25, 0.3) is 0 Å². The van der Waals surface area contributed by atoms with E-state index in [0.717, 1.165) is 30.5 Å². The normalized spacial score (nSPS) is 20.2. The number of aromatic hydroxyl groups is 1. The topological polar surface area (TPSA) is 53.1 Å². The second-order valence-corrected chi connectivity index (χ2v) is 3.55. The Balaban J connectivity index is 2.57. The first kappa shape index (κ1) is 8.35. The van der Waals surface area contributed by atoms with Crippen LogP contribution in [-0.4, -0.2) is 10.1 Å². The van der Waals surface area contributed by atoms with Crippen LogP contribution in [0.3, 0.4) is 0 Å². The van der Waals surface area contributed by atoms with Crippen LogP contribution in [-0.2, 0) is 6.42 Å². The highest BCUT2D eigenvalue weighted by Gasteiger charge is 2.24. The number of aromatic amines is 1. The van der Waals surface area contributed by atoms with E-state index >= 15 is 0 Å². The summed E-state index contributed by atoms with van der Waals surface area (Å²) in [5.41, 5.74) is 1.69. The highest BCUT2D eigenvalue weighted by molar-refractivity contribution is 5.39. The molecule has 0 bridgehead atoms. The molecule has 3 nitrogen and oxygen atoms in total. The summed E-state index contributed by atoms with van der Waals surface area (Å²) in [5.74, 6) is 0.588. The van der Waals surface area contributed by atoms with Crippen molar-refractivity contribution in [3.05, 3.63) is 27.7 Å². The van der Waals surface area contributed by atoms with Crippen molar-refractivity contribution in [3.8, 4) is 5.75 Å². The van der Waals surface area contributed by atoms with Crippen molar-refractivity contribution in [2.24, 2.45) is 0 Å². The summed E-state index contributed by atoms with van der Waals surface area (Å²) in [6.45, 7) is 2.10. The maximum absolute atomic E-state index is 11.1. The Kier molecular flexibility index (Phi) is 1.87. The quantitative estimate of drug-likeness (QED) is 0.686. The lowest BCUT2D eigenvalue weighted by Crippen LogP contribution is -2.09. The summed E-state index contributed by atoms with van der Waals surface area (Å²) in [5, 5.41) is 9.51. The van der Waals surface area contributed by atoms with Crippen molar-refractivity contribution in [1.29, 1.82) is 0 Å². The summed E-state index contributed by atoms with van der Waals surface area (Å²) in [7, 11) is 0. The average Bonchev–Trinajstić information content (AvgIpc) is 2.47. The highest BCUT2D eigenvalue weighted by atomic mass is 16.3. The van der Waals surface area contributed by atoms with Gasteiger partial charge >= 0.3 is 0 Å². The Bertz CT molecular complexity index is 381. The van der Waals surface area contributed by atoms with E-state index in [0.29, 0.717) is 5.92 Å². The van der Waals surface area contributed by atoms with Crippen molar-refractivity contribution >= 4 is 0 Å². The van der Waals surface area contributed by atoms with E-state index in [9.17, 15) is 9.90 Å². The molecule has 1 heterocycles. The van der Waals surface area contributed by atoms with Gasteiger partial charge < -0.3 is 10.1 Å². The second-order valence-electron chi connectivity index (χ2n) is 3.55. The smallest absolute Gasteiger partial charge is 0.251 e. The van der Waals surface area contributed by atoms with Crippen LogP contribution in [0.4, 0.5) is 0 Å². The third-order valence-electron chi connectivity index (χ3n) is 2.80. The molecule has 0 spiro atoms. The van der Waals surface area contributed by atoms with Crippen LogP contribution in [0.2, 0.25) is 0 Å². The number of fused-ring (bicyclic) bond motifs is 1. The van der Waals surface area contributed by atoms with Gasteiger partial charge in [0.05, 0.1) is 0 Å². The van der Waals surface area contributed by atoms with Crippen LogP contribution in [0.5, 0.6) is 5.75 Å². The van der Waals surface area contributed by atoms with E-state index in [-0.39, 0.29) is 11.3 Å². The third-order valence-corrected chi connectivity index (χ3v) is 2.80. The zero-order chi connectivity index (χ0) is 9.42. The molecule has 1 aromatic rings. The molecule has 3 heteroatoms. The molecule has 0 aliphatic heterocycles. The number of hydrogen-bond donors (Lipinski definition) is 2. The first-order valence-electron chi connectivity index (χ1n) is 4.67. The maximum atomic E-state index is 11.1. The molecule has 1 aliphatic rings. The fraction of sp³-hybridized carbons (Fsp3) is 0.500. The SMILES string of the molecule is CCC1CCc2c(O)cc(=O)[nH]c21. The zero-order valence-electron chi connectivity index (χ0n) is 7.63. The van der Waals surface area contributed by atoms with Crippen molar-refractivity contribution in [2.45, 2.75) is 32.1 Å². The predicted octanol–water partition coefficient (Wildman–Crippen LogP) is 1.52. The van der Waals surface area contributed by atoms with Gasteiger partial charge in [0.25, 0.3) is 5.56 Å². The Morgan fingerprint density at radius 2 is 2.46 bits per heavy atom. The van der Waals surface area contributed by atoms with Gasteiger partial charge in [-0.2, -0.15) is 0 Å². The van der Waals surface area contributed by atoms with E-state index in [1.807, 2.05) is 0 Å². The van der Waals surface area contributed by atoms with E-state index in [4.69, 9.17) is 0 Å². The third kappa shape index (κ3) is 1.24. The minimum Gasteiger partial charge on any atom is -0.507 e. The van der Waals surface area contributed by atoms with E-state index in [2.05, 4.69) is 11.9 Å². The largest absolute Gasteiger partial charge is 0.507 e. The van der Waals surface area contributed by atoms with Gasteiger partial charge in [0.2, 0.25) is 0 Å². The van der Waals surface area contributed by atoms with Gasteiger partial charge in [-0.15, -0.1) is 0 Å². The van der Waals surface area contributed by atoms with Crippen molar-refractivity contribution in [3.63, 3.8) is 0 Å². The fourth-order valence-corrected chi connectivity index (χ4v) is 2.08. The molecule has 0 fully saturated rings. The van der Waals surface area contributed by atoms with Crippen molar-refractivity contribution < 1.29 is 5.11 Å². The molecule has 0 aromatic carbocycles. The Labute approximate surface area is 76.4 Å². The van der Waals surface area contributed by atoms with Gasteiger partial charge in [0.1, 0.15) is 5.75 Å². The Hall–Kier alpha value is -1.25. The Morgan fingerprint density at radius 3 is 3.15 bits per heavy atom. The molecule has 2 N–H and O–H groups in total. The molecule has 1 atom stereocenters. The molecule has 1 aromatic heterocycles. The van der Waals surface area contributed by atoms with E-state index in [1.54, 1.807) is 0 Å². The maximum Gasteiger partial charge on any atom is 0.251 e. The fourth-order valence-electron chi connectivity index (χ4n) is 2.08. The summed E-state index contributed by atoms with van der Waals surface area (Å²) in [6, 6.07) is 1.26. The summed E-state index contributed by atoms with van der Waals surface area (Å²) < 4.78 is 0. The van der Waals surface area contributed by atoms with Gasteiger partial charge in [0.15, 0.2) is 0 Å². The number of pyridine rings is 1. The standard InChI is InChI=1S/C10H13NO2/c1-2-6-3-4-7-8(12)5-9(13)11-10(6)7/h5-6H,2-4H2,1H3,(H2,11,12,13). The average molecular weight is 179 g/mol. The number of H-pyrrole nitrogens is 1. The van der Waals surface area contributed by atoms with Gasteiger partial charge in [-0.3, -0.25) is 4.79 Å². The molecule has 0 saturated heterocycles. The number of hydrogen-bond acceptors (Lipinski definition) is 2. The van der Waals surface area contributed by atoms with Crippen LogP contribution >= 0.6 is 0 Å². The lowest BCUT2D eigenvalue weighted by Gasteiger charge is -2.07. The summed E-state index contributed by atoms with van der Waals surface area (Å²) in [4.78, 5) is 13.9. The Morgan fingerprint density at radius 1 is 1.69 bits per heavy atom.